The molecule has 1 aromatic rings. The number of hydrogen-bond acceptors (Lipinski definition) is 3. The van der Waals surface area contributed by atoms with E-state index in [2.05, 4.69) is 5.32 Å². The number of benzene rings is 1. The zero-order chi connectivity index (χ0) is 12.9. The third-order valence-electron chi connectivity index (χ3n) is 3.10. The first-order valence-corrected chi connectivity index (χ1v) is 5.57. The second-order valence-electron chi connectivity index (χ2n) is 4.24. The number of likely N-dealkylation sites (N-methyl/N-ethyl adjacent to an activating group) is 1. The zero-order valence-electron chi connectivity index (χ0n) is 10.5. The number of methoxy groups -OCH3 is 1. The highest BCUT2D eigenvalue weighted by atomic mass is 16.5. The number of aryl methyl sites for hydroxylation is 1. The Bertz CT molecular complexity index is 375. The summed E-state index contributed by atoms with van der Waals surface area (Å²) < 4.78 is 5.07. The second kappa shape index (κ2) is 5.68. The molecular formula is C13H19NO3. The lowest BCUT2D eigenvalue weighted by molar-refractivity contribution is -0.144. The van der Waals surface area contributed by atoms with Gasteiger partial charge in [0.2, 0.25) is 0 Å². The zero-order valence-corrected chi connectivity index (χ0v) is 10.5. The van der Waals surface area contributed by atoms with Gasteiger partial charge in [-0.15, -0.1) is 0 Å². The first-order valence-electron chi connectivity index (χ1n) is 5.57. The van der Waals surface area contributed by atoms with E-state index in [0.717, 1.165) is 11.3 Å². The first kappa shape index (κ1) is 13.5. The van der Waals surface area contributed by atoms with Crippen LogP contribution in [0.2, 0.25) is 0 Å². The number of aliphatic carboxylic acids is 1. The average Bonchev–Trinajstić information content (AvgIpc) is 2.36. The maximum atomic E-state index is 11.1. The molecule has 0 saturated heterocycles. The Balaban J connectivity index is 2.63. The smallest absolute Gasteiger partial charge is 0.323 e. The fourth-order valence-corrected chi connectivity index (χ4v) is 1.53. The lowest BCUT2D eigenvalue weighted by Gasteiger charge is -2.24. The molecule has 0 aliphatic rings. The summed E-state index contributed by atoms with van der Waals surface area (Å²) in [6, 6.07) is 7.67. The van der Waals surface area contributed by atoms with Gasteiger partial charge in [-0.25, -0.2) is 0 Å². The average molecular weight is 237 g/mol. The molecule has 0 fully saturated rings. The number of hydrogen-bond donors (Lipinski definition) is 2. The van der Waals surface area contributed by atoms with Crippen molar-refractivity contribution in [2.75, 3.05) is 14.2 Å². The Morgan fingerprint density at radius 3 is 2.41 bits per heavy atom. The van der Waals surface area contributed by atoms with E-state index in [1.165, 1.54) is 0 Å². The minimum absolute atomic E-state index is 0.547. The van der Waals surface area contributed by atoms with Crippen LogP contribution in [0.25, 0.3) is 0 Å². The highest BCUT2D eigenvalue weighted by Crippen LogP contribution is 2.17. The minimum atomic E-state index is -0.875. The molecular weight excluding hydrogens is 218 g/mol. The summed E-state index contributed by atoms with van der Waals surface area (Å²) in [6.45, 7) is 1.69. The van der Waals surface area contributed by atoms with E-state index in [0.29, 0.717) is 12.8 Å². The second-order valence-corrected chi connectivity index (χ2v) is 4.24. The van der Waals surface area contributed by atoms with Crippen LogP contribution in [0.5, 0.6) is 5.75 Å². The summed E-state index contributed by atoms with van der Waals surface area (Å²) in [5, 5.41) is 12.0. The van der Waals surface area contributed by atoms with E-state index in [1.54, 1.807) is 21.1 Å². The Morgan fingerprint density at radius 2 is 2.00 bits per heavy atom. The van der Waals surface area contributed by atoms with Gasteiger partial charge in [0.25, 0.3) is 0 Å². The summed E-state index contributed by atoms with van der Waals surface area (Å²) in [5.41, 5.74) is 0.230. The summed E-state index contributed by atoms with van der Waals surface area (Å²) in [7, 11) is 3.29. The van der Waals surface area contributed by atoms with Crippen molar-refractivity contribution < 1.29 is 14.6 Å². The fraction of sp³-hybridized carbons (Fsp3) is 0.462. The third-order valence-corrected chi connectivity index (χ3v) is 3.10. The molecule has 1 rings (SSSR count). The standard InChI is InChI=1S/C13H19NO3/c1-13(14-2,12(15)16)9-8-10-4-6-11(17-3)7-5-10/h4-7,14H,8-9H2,1-3H3,(H,15,16). The van der Waals surface area contributed by atoms with E-state index in [-0.39, 0.29) is 0 Å². The van der Waals surface area contributed by atoms with Crippen molar-refractivity contribution in [1.82, 2.24) is 5.32 Å². The molecule has 0 amide bonds. The molecule has 0 aliphatic carbocycles. The summed E-state index contributed by atoms with van der Waals surface area (Å²) in [6.07, 6.45) is 1.26. The van der Waals surface area contributed by atoms with Gasteiger partial charge < -0.3 is 15.2 Å². The fourth-order valence-electron chi connectivity index (χ4n) is 1.53. The van der Waals surface area contributed by atoms with Crippen molar-refractivity contribution in [1.29, 1.82) is 0 Å². The van der Waals surface area contributed by atoms with Crippen LogP contribution >= 0.6 is 0 Å². The quantitative estimate of drug-likeness (QED) is 0.790. The molecule has 17 heavy (non-hydrogen) atoms. The van der Waals surface area contributed by atoms with Gasteiger partial charge in [-0.1, -0.05) is 12.1 Å². The molecule has 4 heteroatoms. The topological polar surface area (TPSA) is 58.6 Å². The van der Waals surface area contributed by atoms with Crippen LogP contribution in [0.3, 0.4) is 0 Å². The number of carboxylic acid groups (broad SMARTS) is 1. The minimum Gasteiger partial charge on any atom is -0.497 e. The van der Waals surface area contributed by atoms with Gasteiger partial charge in [0, 0.05) is 0 Å². The normalized spacial score (nSPS) is 14.1. The van der Waals surface area contributed by atoms with Crippen LogP contribution < -0.4 is 10.1 Å². The molecule has 1 atom stereocenters. The van der Waals surface area contributed by atoms with Gasteiger partial charge in [-0.3, -0.25) is 4.79 Å². The summed E-state index contributed by atoms with van der Waals surface area (Å²) in [5.74, 6) is -0.0168. The van der Waals surface area contributed by atoms with Crippen LogP contribution in [-0.4, -0.2) is 30.8 Å². The van der Waals surface area contributed by atoms with E-state index >= 15 is 0 Å². The predicted octanol–water partition coefficient (Wildman–Crippen LogP) is 1.69. The third kappa shape index (κ3) is 3.46. The van der Waals surface area contributed by atoms with Crippen molar-refractivity contribution in [3.8, 4) is 5.75 Å². The molecule has 0 bridgehead atoms. The number of rotatable bonds is 6. The predicted molar refractivity (Wildman–Crippen MR) is 66.4 cm³/mol. The molecule has 0 aromatic heterocycles. The van der Waals surface area contributed by atoms with Gasteiger partial charge in [-0.05, 0) is 44.5 Å². The van der Waals surface area contributed by atoms with E-state index < -0.39 is 11.5 Å². The molecule has 0 heterocycles. The molecule has 2 N–H and O–H groups in total. The van der Waals surface area contributed by atoms with Crippen molar-refractivity contribution in [2.24, 2.45) is 0 Å². The molecule has 1 aromatic carbocycles. The van der Waals surface area contributed by atoms with Gasteiger partial charge >= 0.3 is 5.97 Å². The van der Waals surface area contributed by atoms with Crippen molar-refractivity contribution >= 4 is 5.97 Å². The Kier molecular flexibility index (Phi) is 4.52. The monoisotopic (exact) mass is 237 g/mol. The van der Waals surface area contributed by atoms with Crippen molar-refractivity contribution in [3.05, 3.63) is 29.8 Å². The summed E-state index contributed by atoms with van der Waals surface area (Å²) >= 11 is 0. The van der Waals surface area contributed by atoms with E-state index in [1.807, 2.05) is 24.3 Å². The Labute approximate surface area is 102 Å². The lowest BCUT2D eigenvalue weighted by Crippen LogP contribution is -2.47. The highest BCUT2D eigenvalue weighted by Gasteiger charge is 2.30. The summed E-state index contributed by atoms with van der Waals surface area (Å²) in [4.78, 5) is 11.1. The van der Waals surface area contributed by atoms with Crippen LogP contribution in [-0.2, 0) is 11.2 Å². The van der Waals surface area contributed by atoms with Crippen LogP contribution in [0.4, 0.5) is 0 Å². The van der Waals surface area contributed by atoms with Crippen LogP contribution in [0.1, 0.15) is 18.9 Å². The van der Waals surface area contributed by atoms with Gasteiger partial charge in [0.05, 0.1) is 7.11 Å². The number of ether oxygens (including phenoxy) is 1. The molecule has 0 aliphatic heterocycles. The first-order chi connectivity index (χ1) is 8.01. The van der Waals surface area contributed by atoms with Crippen LogP contribution in [0, 0.1) is 0 Å². The molecule has 94 valence electrons. The lowest BCUT2D eigenvalue weighted by atomic mass is 9.93. The largest absolute Gasteiger partial charge is 0.497 e. The maximum Gasteiger partial charge on any atom is 0.323 e. The SMILES string of the molecule is CNC(C)(CCc1ccc(OC)cc1)C(=O)O. The van der Waals surface area contributed by atoms with Gasteiger partial charge in [0.1, 0.15) is 11.3 Å². The van der Waals surface area contributed by atoms with Gasteiger partial charge in [0.15, 0.2) is 0 Å². The van der Waals surface area contributed by atoms with Crippen molar-refractivity contribution in [2.45, 2.75) is 25.3 Å². The maximum absolute atomic E-state index is 11.1. The molecule has 0 radical (unpaired) electrons. The number of carboxylic acids is 1. The van der Waals surface area contributed by atoms with Gasteiger partial charge in [-0.2, -0.15) is 0 Å². The van der Waals surface area contributed by atoms with E-state index in [4.69, 9.17) is 9.84 Å². The Hall–Kier alpha value is -1.55. The highest BCUT2D eigenvalue weighted by molar-refractivity contribution is 5.78. The molecule has 4 nitrogen and oxygen atoms in total. The van der Waals surface area contributed by atoms with Crippen molar-refractivity contribution in [3.63, 3.8) is 0 Å². The number of nitrogens with one attached hydrogen (secondary N) is 1. The molecule has 1 unspecified atom stereocenters. The molecule has 0 saturated carbocycles. The molecule has 0 spiro atoms. The van der Waals surface area contributed by atoms with E-state index in [9.17, 15) is 4.79 Å². The van der Waals surface area contributed by atoms with Crippen LogP contribution in [0.15, 0.2) is 24.3 Å². The Morgan fingerprint density at radius 1 is 1.41 bits per heavy atom. The number of carbonyl (C=O) groups is 1.